The minimum absolute atomic E-state index is 0.0585. The second-order valence-corrected chi connectivity index (χ2v) is 6.14. The fraction of sp³-hybridized carbons (Fsp3) is 0.125. The van der Waals surface area contributed by atoms with Gasteiger partial charge >= 0.3 is 0 Å². The van der Waals surface area contributed by atoms with Crippen molar-refractivity contribution in [3.63, 3.8) is 0 Å². The lowest BCUT2D eigenvalue weighted by atomic mass is 10.5. The molecule has 2 rings (SSSR count). The van der Waals surface area contributed by atoms with Crippen LogP contribution < -0.4 is 0 Å². The Morgan fingerprint density at radius 2 is 2.47 bits per heavy atom. The van der Waals surface area contributed by atoms with Crippen LogP contribution in [0.15, 0.2) is 21.0 Å². The summed E-state index contributed by atoms with van der Waals surface area (Å²) < 4.78 is 1.53. The van der Waals surface area contributed by atoms with E-state index in [9.17, 15) is 4.79 Å². The van der Waals surface area contributed by atoms with Gasteiger partial charge in [-0.15, -0.1) is 11.3 Å². The molecule has 1 fully saturated rings. The Morgan fingerprint density at radius 1 is 1.67 bits per heavy atom. The number of rotatable bonds is 2. The zero-order valence-corrected chi connectivity index (χ0v) is 11.4. The van der Waals surface area contributed by atoms with E-state index in [4.69, 9.17) is 12.2 Å². The molecule has 1 aromatic heterocycles. The lowest BCUT2D eigenvalue weighted by Gasteiger charge is -2.05. The van der Waals surface area contributed by atoms with Crippen LogP contribution in [-0.2, 0) is 4.79 Å². The molecule has 1 aliphatic heterocycles. The van der Waals surface area contributed by atoms with Gasteiger partial charge in [-0.3, -0.25) is 4.79 Å². The summed E-state index contributed by atoms with van der Waals surface area (Å²) in [7, 11) is 0. The highest BCUT2D eigenvalue weighted by molar-refractivity contribution is 9.10. The van der Waals surface area contributed by atoms with E-state index in [2.05, 4.69) is 21.0 Å². The summed E-state index contributed by atoms with van der Waals surface area (Å²) in [5.74, 6) is 0.335. The molecule has 1 aliphatic rings. The molecule has 0 bridgehead atoms. The molecule has 15 heavy (non-hydrogen) atoms. The van der Waals surface area contributed by atoms with Crippen molar-refractivity contribution in [1.82, 2.24) is 5.01 Å². The normalized spacial score (nSPS) is 17.0. The van der Waals surface area contributed by atoms with Crippen molar-refractivity contribution < 1.29 is 4.79 Å². The fourth-order valence-corrected chi connectivity index (χ4v) is 3.23. The van der Waals surface area contributed by atoms with Crippen LogP contribution in [0.3, 0.4) is 0 Å². The molecule has 1 amide bonds. The third-order valence-electron chi connectivity index (χ3n) is 1.62. The average molecular weight is 321 g/mol. The van der Waals surface area contributed by atoms with Gasteiger partial charge in [0.15, 0.2) is 4.32 Å². The van der Waals surface area contributed by atoms with Crippen molar-refractivity contribution in [3.05, 3.63) is 20.8 Å². The standard InChI is InChI=1S/C8H5BrN2OS3/c9-5-1-6(14-3-5)2-10-11-7(12)4-15-8(11)13/h1-3H,4H2/b10-2+. The molecule has 0 unspecified atom stereocenters. The first-order chi connectivity index (χ1) is 7.16. The number of hydrogen-bond acceptors (Lipinski definition) is 5. The van der Waals surface area contributed by atoms with Gasteiger partial charge in [-0.2, -0.15) is 10.1 Å². The van der Waals surface area contributed by atoms with Crippen molar-refractivity contribution in [2.45, 2.75) is 0 Å². The quantitative estimate of drug-likeness (QED) is 0.620. The van der Waals surface area contributed by atoms with Gasteiger partial charge in [0, 0.05) is 14.7 Å². The summed E-state index contributed by atoms with van der Waals surface area (Å²) in [5, 5.41) is 7.29. The summed E-state index contributed by atoms with van der Waals surface area (Å²) in [6, 6.07) is 1.94. The van der Waals surface area contributed by atoms with Gasteiger partial charge in [0.1, 0.15) is 0 Å². The molecule has 1 aromatic rings. The summed E-state index contributed by atoms with van der Waals surface area (Å²) in [6.07, 6.45) is 1.64. The van der Waals surface area contributed by atoms with Crippen LogP contribution in [0.2, 0.25) is 0 Å². The number of amides is 1. The maximum absolute atomic E-state index is 11.3. The SMILES string of the molecule is O=C1CSC(=S)N1/N=C/c1cc(Br)cs1. The van der Waals surface area contributed by atoms with E-state index in [1.807, 2.05) is 11.4 Å². The fourth-order valence-electron chi connectivity index (χ4n) is 0.970. The highest BCUT2D eigenvalue weighted by Gasteiger charge is 2.25. The topological polar surface area (TPSA) is 32.7 Å². The van der Waals surface area contributed by atoms with Gasteiger partial charge in [-0.05, 0) is 22.0 Å². The monoisotopic (exact) mass is 320 g/mol. The van der Waals surface area contributed by atoms with Gasteiger partial charge in [0.05, 0.1) is 12.0 Å². The third-order valence-corrected chi connectivity index (χ3v) is 4.58. The Labute approximate surface area is 109 Å². The molecule has 0 spiro atoms. The van der Waals surface area contributed by atoms with Crippen molar-refractivity contribution in [1.29, 1.82) is 0 Å². The molecule has 7 heteroatoms. The maximum atomic E-state index is 11.3. The summed E-state index contributed by atoms with van der Waals surface area (Å²) in [5.41, 5.74) is 0. The van der Waals surface area contributed by atoms with E-state index in [-0.39, 0.29) is 5.91 Å². The Bertz CT molecular complexity index is 427. The minimum Gasteiger partial charge on any atom is -0.272 e. The molecule has 3 nitrogen and oxygen atoms in total. The molecule has 1 saturated heterocycles. The van der Waals surface area contributed by atoms with Crippen LogP contribution in [0.1, 0.15) is 4.88 Å². The molecule has 0 aromatic carbocycles. The first kappa shape index (κ1) is 11.3. The minimum atomic E-state index is -0.0585. The summed E-state index contributed by atoms with van der Waals surface area (Å²) in [4.78, 5) is 12.3. The second kappa shape index (κ2) is 4.73. The van der Waals surface area contributed by atoms with E-state index < -0.39 is 0 Å². The zero-order chi connectivity index (χ0) is 10.8. The Hall–Kier alpha value is -0.240. The van der Waals surface area contributed by atoms with Crippen LogP contribution in [-0.4, -0.2) is 27.2 Å². The van der Waals surface area contributed by atoms with E-state index in [0.717, 1.165) is 9.35 Å². The van der Waals surface area contributed by atoms with Gasteiger partial charge < -0.3 is 0 Å². The lowest BCUT2D eigenvalue weighted by molar-refractivity contribution is -0.123. The van der Waals surface area contributed by atoms with E-state index in [1.54, 1.807) is 17.6 Å². The number of carbonyl (C=O) groups excluding carboxylic acids is 1. The molecule has 0 saturated carbocycles. The number of hydrazone groups is 1. The van der Waals surface area contributed by atoms with Crippen LogP contribution >= 0.6 is 51.2 Å². The molecular formula is C8H5BrN2OS3. The third kappa shape index (κ3) is 2.66. The highest BCUT2D eigenvalue weighted by atomic mass is 79.9. The predicted octanol–water partition coefficient (Wildman–Crippen LogP) is 2.70. The van der Waals surface area contributed by atoms with Crippen LogP contribution in [0.4, 0.5) is 0 Å². The number of nitrogens with zero attached hydrogens (tertiary/aromatic N) is 2. The first-order valence-corrected chi connectivity index (χ1v) is 7.01. The predicted molar refractivity (Wildman–Crippen MR) is 71.5 cm³/mol. The Balaban J connectivity index is 2.11. The van der Waals surface area contributed by atoms with Crippen molar-refractivity contribution in [2.75, 3.05) is 5.75 Å². The van der Waals surface area contributed by atoms with E-state index in [1.165, 1.54) is 16.8 Å². The second-order valence-electron chi connectivity index (χ2n) is 2.67. The maximum Gasteiger partial charge on any atom is 0.259 e. The van der Waals surface area contributed by atoms with Gasteiger partial charge in [0.2, 0.25) is 0 Å². The molecule has 0 N–H and O–H groups in total. The largest absolute Gasteiger partial charge is 0.272 e. The van der Waals surface area contributed by atoms with Crippen LogP contribution in [0.5, 0.6) is 0 Å². The van der Waals surface area contributed by atoms with Crippen molar-refractivity contribution in [3.8, 4) is 0 Å². The number of hydrogen-bond donors (Lipinski definition) is 0. The summed E-state index contributed by atoms with van der Waals surface area (Å²) >= 11 is 11.2. The number of thiocarbonyl (C=S) groups is 1. The van der Waals surface area contributed by atoms with E-state index in [0.29, 0.717) is 10.1 Å². The zero-order valence-electron chi connectivity index (χ0n) is 7.34. The Morgan fingerprint density at radius 3 is 3.00 bits per heavy atom. The number of carbonyl (C=O) groups is 1. The van der Waals surface area contributed by atoms with Gasteiger partial charge in [-0.25, -0.2) is 0 Å². The number of thiophene rings is 1. The molecule has 2 heterocycles. The average Bonchev–Trinajstić information content (AvgIpc) is 2.73. The summed E-state index contributed by atoms with van der Waals surface area (Å²) in [6.45, 7) is 0. The highest BCUT2D eigenvalue weighted by Crippen LogP contribution is 2.21. The van der Waals surface area contributed by atoms with Gasteiger partial charge in [-0.1, -0.05) is 24.0 Å². The first-order valence-electron chi connectivity index (χ1n) is 3.94. The number of halogens is 1. The lowest BCUT2D eigenvalue weighted by Crippen LogP contribution is -2.22. The molecular weight excluding hydrogens is 316 g/mol. The van der Waals surface area contributed by atoms with Crippen LogP contribution in [0, 0.1) is 0 Å². The van der Waals surface area contributed by atoms with Gasteiger partial charge in [0.25, 0.3) is 5.91 Å². The molecule has 0 aliphatic carbocycles. The van der Waals surface area contributed by atoms with E-state index >= 15 is 0 Å². The van der Waals surface area contributed by atoms with Crippen molar-refractivity contribution >= 4 is 67.7 Å². The molecule has 0 radical (unpaired) electrons. The number of thioether (sulfide) groups is 1. The van der Waals surface area contributed by atoms with Crippen molar-refractivity contribution in [2.24, 2.45) is 5.10 Å². The Kier molecular flexibility index (Phi) is 3.55. The molecule has 78 valence electrons. The molecule has 0 atom stereocenters. The smallest absolute Gasteiger partial charge is 0.259 e. The van der Waals surface area contributed by atoms with Crippen LogP contribution in [0.25, 0.3) is 0 Å².